The van der Waals surface area contributed by atoms with Crippen LogP contribution in [0.15, 0.2) is 16.8 Å². The van der Waals surface area contributed by atoms with Crippen molar-refractivity contribution in [2.75, 3.05) is 38.7 Å². The van der Waals surface area contributed by atoms with Crippen molar-refractivity contribution in [3.8, 4) is 0 Å². The van der Waals surface area contributed by atoms with Crippen LogP contribution in [0.4, 0.5) is 5.13 Å². The molecule has 0 radical (unpaired) electrons. The molecule has 0 spiro atoms. The van der Waals surface area contributed by atoms with Crippen molar-refractivity contribution >= 4 is 39.6 Å². The number of anilines is 1. The molecule has 0 aliphatic carbocycles. The third-order valence-corrected chi connectivity index (χ3v) is 5.49. The first-order valence-electron chi connectivity index (χ1n) is 7.96. The highest BCUT2D eigenvalue weighted by Gasteiger charge is 2.23. The highest BCUT2D eigenvalue weighted by atomic mass is 32.1. The maximum Gasteiger partial charge on any atom is 0.258 e. The summed E-state index contributed by atoms with van der Waals surface area (Å²) < 4.78 is 4.92. The molecule has 7 nitrogen and oxygen atoms in total. The Kier molecular flexibility index (Phi) is 6.14. The van der Waals surface area contributed by atoms with Crippen LogP contribution in [0.2, 0.25) is 0 Å². The molecule has 0 saturated heterocycles. The molecule has 3 heterocycles. The first-order valence-corrected chi connectivity index (χ1v) is 9.71. The molecular formula is C16H20N4O3S2. The van der Waals surface area contributed by atoms with Crippen molar-refractivity contribution in [1.29, 1.82) is 0 Å². The van der Waals surface area contributed by atoms with Crippen molar-refractivity contribution < 1.29 is 14.3 Å². The van der Waals surface area contributed by atoms with Gasteiger partial charge in [-0.15, -0.1) is 11.3 Å². The van der Waals surface area contributed by atoms with E-state index in [9.17, 15) is 9.59 Å². The maximum atomic E-state index is 12.1. The number of thiazole rings is 1. The standard InChI is InChI=1S/C16H20N4O3S2/c1-23-6-4-17-14(21)9-20-5-2-12-13(8-20)25-16(18-12)19-15(22)11-3-7-24-10-11/h3,7,10H,2,4-6,8-9H2,1H3,(H,17,21)(H,18,19,22). The number of hydrogen-bond acceptors (Lipinski definition) is 7. The number of fused-ring (bicyclic) bond motifs is 1. The summed E-state index contributed by atoms with van der Waals surface area (Å²) in [4.78, 5) is 31.7. The van der Waals surface area contributed by atoms with Gasteiger partial charge in [0.2, 0.25) is 5.91 Å². The molecule has 2 amide bonds. The second kappa shape index (κ2) is 8.52. The molecule has 1 aliphatic rings. The van der Waals surface area contributed by atoms with Crippen molar-refractivity contribution in [3.63, 3.8) is 0 Å². The predicted octanol–water partition coefficient (Wildman–Crippen LogP) is 1.58. The van der Waals surface area contributed by atoms with E-state index in [1.807, 2.05) is 10.8 Å². The van der Waals surface area contributed by atoms with E-state index in [0.29, 0.717) is 36.9 Å². The van der Waals surface area contributed by atoms with E-state index < -0.39 is 0 Å². The largest absolute Gasteiger partial charge is 0.383 e. The minimum atomic E-state index is -0.137. The van der Waals surface area contributed by atoms with Gasteiger partial charge in [0.15, 0.2) is 5.13 Å². The number of hydrogen-bond donors (Lipinski definition) is 2. The molecule has 3 rings (SSSR count). The van der Waals surface area contributed by atoms with E-state index in [0.717, 1.165) is 23.5 Å². The number of amides is 2. The number of carbonyl (C=O) groups excluding carboxylic acids is 2. The summed E-state index contributed by atoms with van der Waals surface area (Å²) in [6.45, 7) is 2.86. The third kappa shape index (κ3) is 4.85. The molecule has 25 heavy (non-hydrogen) atoms. The van der Waals surface area contributed by atoms with Gasteiger partial charge in [0, 0.05) is 43.4 Å². The average molecular weight is 380 g/mol. The average Bonchev–Trinajstić information content (AvgIpc) is 3.23. The zero-order valence-electron chi connectivity index (χ0n) is 13.9. The quantitative estimate of drug-likeness (QED) is 0.713. The second-order valence-corrected chi connectivity index (χ2v) is 7.52. The number of thiophene rings is 1. The highest BCUT2D eigenvalue weighted by Crippen LogP contribution is 2.28. The summed E-state index contributed by atoms with van der Waals surface area (Å²) in [7, 11) is 1.61. The minimum absolute atomic E-state index is 0.00370. The molecule has 134 valence electrons. The number of rotatable bonds is 7. The molecule has 0 fully saturated rings. The monoisotopic (exact) mass is 380 g/mol. The van der Waals surface area contributed by atoms with Gasteiger partial charge in [-0.1, -0.05) is 0 Å². The molecule has 0 bridgehead atoms. The number of carbonyl (C=O) groups is 2. The van der Waals surface area contributed by atoms with Crippen LogP contribution >= 0.6 is 22.7 Å². The fraction of sp³-hybridized carbons (Fsp3) is 0.438. The van der Waals surface area contributed by atoms with Gasteiger partial charge in [-0.05, 0) is 11.4 Å². The summed E-state index contributed by atoms with van der Waals surface area (Å²) in [6.07, 6.45) is 0.783. The van der Waals surface area contributed by atoms with Crippen molar-refractivity contribution in [2.24, 2.45) is 0 Å². The molecule has 0 saturated carbocycles. The number of nitrogens with one attached hydrogen (secondary N) is 2. The van der Waals surface area contributed by atoms with Gasteiger partial charge in [0.25, 0.3) is 5.91 Å². The van der Waals surface area contributed by atoms with E-state index in [1.165, 1.54) is 22.7 Å². The van der Waals surface area contributed by atoms with Gasteiger partial charge >= 0.3 is 0 Å². The van der Waals surface area contributed by atoms with Crippen LogP contribution in [0.1, 0.15) is 20.9 Å². The van der Waals surface area contributed by atoms with Gasteiger partial charge in [0.05, 0.1) is 24.4 Å². The van der Waals surface area contributed by atoms with Crippen LogP contribution < -0.4 is 10.6 Å². The zero-order chi connectivity index (χ0) is 17.6. The SMILES string of the molecule is COCCNC(=O)CN1CCc2nc(NC(=O)c3ccsc3)sc2C1. The molecule has 2 aromatic heterocycles. The Morgan fingerprint density at radius 1 is 1.44 bits per heavy atom. The van der Waals surface area contributed by atoms with Crippen LogP contribution in [0.25, 0.3) is 0 Å². The van der Waals surface area contributed by atoms with Gasteiger partial charge < -0.3 is 10.1 Å². The Balaban J connectivity index is 1.54. The van der Waals surface area contributed by atoms with Crippen molar-refractivity contribution in [2.45, 2.75) is 13.0 Å². The van der Waals surface area contributed by atoms with Crippen LogP contribution in [-0.2, 0) is 22.5 Å². The van der Waals surface area contributed by atoms with Crippen molar-refractivity contribution in [3.05, 3.63) is 33.0 Å². The molecule has 0 aromatic carbocycles. The fourth-order valence-electron chi connectivity index (χ4n) is 2.55. The second-order valence-electron chi connectivity index (χ2n) is 5.66. The van der Waals surface area contributed by atoms with E-state index in [-0.39, 0.29) is 11.8 Å². The van der Waals surface area contributed by atoms with Crippen LogP contribution in [0.5, 0.6) is 0 Å². The molecular weight excluding hydrogens is 360 g/mol. The predicted molar refractivity (Wildman–Crippen MR) is 98.3 cm³/mol. The summed E-state index contributed by atoms with van der Waals surface area (Å²) in [5.41, 5.74) is 1.66. The summed E-state index contributed by atoms with van der Waals surface area (Å²) in [6, 6.07) is 1.79. The Labute approximate surface area is 154 Å². The molecule has 2 N–H and O–H groups in total. The number of nitrogens with zero attached hydrogens (tertiary/aromatic N) is 2. The van der Waals surface area contributed by atoms with E-state index in [1.54, 1.807) is 13.2 Å². The highest BCUT2D eigenvalue weighted by molar-refractivity contribution is 7.16. The van der Waals surface area contributed by atoms with Gasteiger partial charge in [0.1, 0.15) is 0 Å². The first-order chi connectivity index (χ1) is 12.2. The van der Waals surface area contributed by atoms with Gasteiger partial charge in [-0.25, -0.2) is 4.98 Å². The summed E-state index contributed by atoms with van der Waals surface area (Å²) in [5, 5.41) is 9.99. The van der Waals surface area contributed by atoms with E-state index in [4.69, 9.17) is 4.74 Å². The summed E-state index contributed by atoms with van der Waals surface area (Å²) >= 11 is 2.97. The third-order valence-electron chi connectivity index (χ3n) is 3.81. The lowest BCUT2D eigenvalue weighted by atomic mass is 10.2. The lowest BCUT2D eigenvalue weighted by Crippen LogP contribution is -2.40. The van der Waals surface area contributed by atoms with E-state index in [2.05, 4.69) is 20.5 Å². The minimum Gasteiger partial charge on any atom is -0.383 e. The zero-order valence-corrected chi connectivity index (χ0v) is 15.5. The Morgan fingerprint density at radius 2 is 2.32 bits per heavy atom. The van der Waals surface area contributed by atoms with Crippen LogP contribution in [0, 0.1) is 0 Å². The van der Waals surface area contributed by atoms with Crippen LogP contribution in [-0.4, -0.2) is 55.0 Å². The Morgan fingerprint density at radius 3 is 3.08 bits per heavy atom. The Bertz CT molecular complexity index is 730. The first kappa shape index (κ1) is 18.0. The molecule has 9 heteroatoms. The Hall–Kier alpha value is -1.81. The lowest BCUT2D eigenvalue weighted by molar-refractivity contribution is -0.122. The fourth-order valence-corrected chi connectivity index (χ4v) is 4.23. The van der Waals surface area contributed by atoms with Gasteiger partial charge in [-0.3, -0.25) is 19.8 Å². The smallest absolute Gasteiger partial charge is 0.258 e. The lowest BCUT2D eigenvalue weighted by Gasteiger charge is -2.25. The van der Waals surface area contributed by atoms with Crippen molar-refractivity contribution in [1.82, 2.24) is 15.2 Å². The number of methoxy groups -OCH3 is 1. The van der Waals surface area contributed by atoms with Crippen LogP contribution in [0.3, 0.4) is 0 Å². The number of aromatic nitrogens is 1. The number of ether oxygens (including phenoxy) is 1. The van der Waals surface area contributed by atoms with E-state index >= 15 is 0 Å². The topological polar surface area (TPSA) is 83.6 Å². The normalized spacial score (nSPS) is 14.1. The summed E-state index contributed by atoms with van der Waals surface area (Å²) in [5.74, 6) is -0.141. The molecule has 0 unspecified atom stereocenters. The molecule has 0 atom stereocenters. The molecule has 1 aliphatic heterocycles. The maximum absolute atomic E-state index is 12.1. The van der Waals surface area contributed by atoms with Gasteiger partial charge in [-0.2, -0.15) is 11.3 Å². The molecule has 2 aromatic rings.